The van der Waals surface area contributed by atoms with Crippen molar-refractivity contribution in [1.82, 2.24) is 10.3 Å². The van der Waals surface area contributed by atoms with Crippen LogP contribution in [0.15, 0.2) is 40.3 Å². The largest absolute Gasteiger partial charge is 0.416 e. The van der Waals surface area contributed by atoms with Crippen LogP contribution in [-0.2, 0) is 20.8 Å². The monoisotopic (exact) mass is 451 g/mol. The number of aliphatic hydroxyl groups excluding tert-OH is 1. The number of methoxy groups -OCH3 is 1. The zero-order valence-electron chi connectivity index (χ0n) is 15.4. The number of pyridine rings is 1. The topological polar surface area (TPSA) is 132 Å². The normalized spacial score (nSPS) is 13.1. The molecular formula is C17H17F4N3O5S. The molecule has 1 aromatic carbocycles. The Hall–Kier alpha value is -2.77. The van der Waals surface area contributed by atoms with Crippen molar-refractivity contribution < 1.29 is 40.6 Å². The van der Waals surface area contributed by atoms with E-state index in [1.165, 1.54) is 7.11 Å². The number of hydrogen-bond acceptors (Lipinski definition) is 7. The Kier molecular flexibility index (Phi) is 7.00. The highest BCUT2D eigenvalue weighted by atomic mass is 32.2. The molecule has 164 valence electrons. The zero-order chi connectivity index (χ0) is 22.7. The average molecular weight is 451 g/mol. The number of nitrogen functional groups attached to an aromatic ring is 1. The van der Waals surface area contributed by atoms with Crippen molar-refractivity contribution in [2.45, 2.75) is 22.1 Å². The van der Waals surface area contributed by atoms with E-state index in [1.54, 1.807) is 0 Å². The molecule has 0 saturated heterocycles. The van der Waals surface area contributed by atoms with Crippen LogP contribution in [0.25, 0.3) is 0 Å². The second-order valence-corrected chi connectivity index (χ2v) is 7.99. The highest BCUT2D eigenvalue weighted by Crippen LogP contribution is 2.32. The molecule has 1 heterocycles. The molecule has 0 aliphatic heterocycles. The van der Waals surface area contributed by atoms with Crippen LogP contribution in [0, 0.1) is 5.82 Å². The van der Waals surface area contributed by atoms with Crippen LogP contribution in [0.1, 0.15) is 16.1 Å². The Morgan fingerprint density at radius 3 is 2.53 bits per heavy atom. The molecule has 2 rings (SSSR count). The van der Waals surface area contributed by atoms with Crippen LogP contribution < -0.4 is 11.1 Å². The lowest BCUT2D eigenvalue weighted by Crippen LogP contribution is -2.35. The molecule has 0 bridgehead atoms. The molecule has 30 heavy (non-hydrogen) atoms. The molecule has 8 nitrogen and oxygen atoms in total. The number of nitrogens with zero attached hydrogens (tertiary/aromatic N) is 1. The van der Waals surface area contributed by atoms with E-state index in [4.69, 9.17) is 10.5 Å². The van der Waals surface area contributed by atoms with Crippen molar-refractivity contribution in [1.29, 1.82) is 0 Å². The van der Waals surface area contributed by atoms with Crippen molar-refractivity contribution in [3.63, 3.8) is 0 Å². The molecule has 0 spiro atoms. The number of hydrogen-bond donors (Lipinski definition) is 3. The Labute approximate surface area is 168 Å². The summed E-state index contributed by atoms with van der Waals surface area (Å²) in [5.74, 6) is -2.41. The number of amides is 1. The molecule has 0 fully saturated rings. The number of carbonyl (C=O) groups is 1. The Balaban J connectivity index is 2.30. The lowest BCUT2D eigenvalue weighted by Gasteiger charge is -2.12. The summed E-state index contributed by atoms with van der Waals surface area (Å²) in [6.45, 7) is -0.232. The molecule has 0 saturated carbocycles. The maximum absolute atomic E-state index is 14.1. The number of alkyl halides is 3. The molecular weight excluding hydrogens is 434 g/mol. The van der Waals surface area contributed by atoms with E-state index >= 15 is 0 Å². The number of rotatable bonds is 7. The molecule has 4 N–H and O–H groups in total. The summed E-state index contributed by atoms with van der Waals surface area (Å²) < 4.78 is 81.9. The number of aromatic nitrogens is 1. The smallest absolute Gasteiger partial charge is 0.397 e. The molecule has 2 aromatic rings. The first-order valence-corrected chi connectivity index (χ1v) is 9.68. The minimum absolute atomic E-state index is 0.0426. The summed E-state index contributed by atoms with van der Waals surface area (Å²) in [7, 11) is -3.25. The van der Waals surface area contributed by atoms with Crippen molar-refractivity contribution in [3.8, 4) is 0 Å². The highest BCUT2D eigenvalue weighted by Gasteiger charge is 2.33. The van der Waals surface area contributed by atoms with Crippen LogP contribution in [0.2, 0.25) is 0 Å². The van der Waals surface area contributed by atoms with E-state index in [9.17, 15) is 35.9 Å². The van der Waals surface area contributed by atoms with Gasteiger partial charge >= 0.3 is 6.18 Å². The number of sulfone groups is 1. The molecule has 0 aliphatic carbocycles. The summed E-state index contributed by atoms with van der Waals surface area (Å²) in [5, 5.41) is 11.8. The predicted molar refractivity (Wildman–Crippen MR) is 95.7 cm³/mol. The van der Waals surface area contributed by atoms with Gasteiger partial charge in [0.2, 0.25) is 9.84 Å². The van der Waals surface area contributed by atoms with E-state index in [2.05, 4.69) is 10.3 Å². The number of nitrogens with one attached hydrogen (secondary N) is 1. The average Bonchev–Trinajstić information content (AvgIpc) is 2.65. The second kappa shape index (κ2) is 8.93. The summed E-state index contributed by atoms with van der Waals surface area (Å²) in [6.07, 6.45) is -5.12. The predicted octanol–water partition coefficient (Wildman–Crippen LogP) is 1.39. The third-order valence-electron chi connectivity index (χ3n) is 3.82. The third kappa shape index (κ3) is 5.23. The van der Waals surface area contributed by atoms with Gasteiger partial charge in [0.25, 0.3) is 5.91 Å². The molecule has 1 amide bonds. The fourth-order valence-corrected chi connectivity index (χ4v) is 3.66. The van der Waals surface area contributed by atoms with Gasteiger partial charge in [-0.15, -0.1) is 0 Å². The SMILES string of the molecule is COCC(O)CNC(=O)c1ncc(S(=O)(=O)c2ccc(C(F)(F)F)cc2F)cc1N. The molecule has 1 unspecified atom stereocenters. The third-order valence-corrected chi connectivity index (χ3v) is 5.58. The minimum atomic E-state index is -4.85. The Morgan fingerprint density at radius 1 is 1.33 bits per heavy atom. The van der Waals surface area contributed by atoms with E-state index < -0.39 is 49.2 Å². The van der Waals surface area contributed by atoms with Gasteiger partial charge in [-0.3, -0.25) is 4.79 Å². The van der Waals surface area contributed by atoms with Crippen LogP contribution in [-0.4, -0.2) is 50.8 Å². The molecule has 0 radical (unpaired) electrons. The van der Waals surface area contributed by atoms with Gasteiger partial charge in [0.05, 0.1) is 28.9 Å². The van der Waals surface area contributed by atoms with E-state index in [0.717, 1.165) is 12.3 Å². The number of anilines is 1. The second-order valence-electron chi connectivity index (χ2n) is 6.07. The van der Waals surface area contributed by atoms with Crippen molar-refractivity contribution >= 4 is 21.4 Å². The van der Waals surface area contributed by atoms with E-state index in [1.807, 2.05) is 0 Å². The van der Waals surface area contributed by atoms with Crippen LogP contribution in [0.3, 0.4) is 0 Å². The lowest BCUT2D eigenvalue weighted by molar-refractivity contribution is -0.137. The van der Waals surface area contributed by atoms with Gasteiger partial charge in [-0.25, -0.2) is 17.8 Å². The molecule has 1 atom stereocenters. The summed E-state index contributed by atoms with van der Waals surface area (Å²) in [5.41, 5.74) is 3.59. The number of ether oxygens (including phenoxy) is 1. The molecule has 0 aliphatic rings. The Morgan fingerprint density at radius 2 is 2.00 bits per heavy atom. The number of nitrogens with two attached hydrogens (primary N) is 1. The van der Waals surface area contributed by atoms with Gasteiger partial charge in [0.1, 0.15) is 10.7 Å². The number of carbonyl (C=O) groups excluding carboxylic acids is 1. The summed E-state index contributed by atoms with van der Waals surface area (Å²) in [4.78, 5) is 14.1. The quantitative estimate of drug-likeness (QED) is 0.542. The fraction of sp³-hybridized carbons (Fsp3) is 0.294. The first-order valence-electron chi connectivity index (χ1n) is 8.20. The van der Waals surface area contributed by atoms with Crippen LogP contribution >= 0.6 is 0 Å². The van der Waals surface area contributed by atoms with Gasteiger partial charge in [0.15, 0.2) is 5.69 Å². The molecule has 13 heteroatoms. The zero-order valence-corrected chi connectivity index (χ0v) is 16.2. The lowest BCUT2D eigenvalue weighted by atomic mass is 10.2. The highest BCUT2D eigenvalue weighted by molar-refractivity contribution is 7.91. The van der Waals surface area contributed by atoms with Gasteiger partial charge in [-0.2, -0.15) is 13.2 Å². The molecule has 1 aromatic heterocycles. The van der Waals surface area contributed by atoms with E-state index in [0.29, 0.717) is 12.1 Å². The standard InChI is InChI=1S/C17H17F4N3O5S/c1-29-8-10(25)6-24-16(26)15-13(22)5-11(7-23-15)30(27,28)14-3-2-9(4-12(14)18)17(19,20)21/h2-5,7,10,25H,6,8,22H2,1H3,(H,24,26). The van der Waals surface area contributed by atoms with Gasteiger partial charge in [-0.1, -0.05) is 0 Å². The maximum atomic E-state index is 14.1. The van der Waals surface area contributed by atoms with E-state index in [-0.39, 0.29) is 30.6 Å². The Bertz CT molecular complexity index is 1040. The van der Waals surface area contributed by atoms with Gasteiger partial charge < -0.3 is 20.9 Å². The summed E-state index contributed by atoms with van der Waals surface area (Å²) >= 11 is 0. The van der Waals surface area contributed by atoms with Crippen molar-refractivity contribution in [3.05, 3.63) is 47.5 Å². The first-order chi connectivity index (χ1) is 13.9. The number of benzene rings is 1. The van der Waals surface area contributed by atoms with Crippen LogP contribution in [0.4, 0.5) is 23.2 Å². The van der Waals surface area contributed by atoms with Crippen molar-refractivity contribution in [2.24, 2.45) is 0 Å². The summed E-state index contributed by atoms with van der Waals surface area (Å²) in [6, 6.07) is 1.82. The minimum Gasteiger partial charge on any atom is -0.397 e. The first kappa shape index (κ1) is 23.5. The van der Waals surface area contributed by atoms with Crippen molar-refractivity contribution in [2.75, 3.05) is 26.0 Å². The number of aliphatic hydroxyl groups is 1. The fourth-order valence-electron chi connectivity index (χ4n) is 2.37. The van der Waals surface area contributed by atoms with Gasteiger partial charge in [0, 0.05) is 19.9 Å². The van der Waals surface area contributed by atoms with Gasteiger partial charge in [-0.05, 0) is 24.3 Å². The maximum Gasteiger partial charge on any atom is 0.416 e. The number of halogens is 4. The van der Waals surface area contributed by atoms with Crippen LogP contribution in [0.5, 0.6) is 0 Å².